The highest BCUT2D eigenvalue weighted by molar-refractivity contribution is 5.98. The highest BCUT2D eigenvalue weighted by Crippen LogP contribution is 2.28. The third-order valence-electron chi connectivity index (χ3n) is 7.56. The lowest BCUT2D eigenvalue weighted by atomic mass is 9.92. The predicted molar refractivity (Wildman–Crippen MR) is 140 cm³/mol. The second-order valence-electron chi connectivity index (χ2n) is 11.2. The van der Waals surface area contributed by atoms with E-state index in [1.54, 1.807) is 15.5 Å². The van der Waals surface area contributed by atoms with Gasteiger partial charge in [-0.2, -0.15) is 9.61 Å². The number of anilines is 1. The van der Waals surface area contributed by atoms with Crippen LogP contribution in [0, 0.1) is 11.7 Å². The number of aromatic nitrogens is 4. The van der Waals surface area contributed by atoms with Crippen LogP contribution in [0.3, 0.4) is 0 Å². The molecule has 0 aliphatic carbocycles. The number of nitrogens with zero attached hydrogens (tertiary/aromatic N) is 6. The highest BCUT2D eigenvalue weighted by Gasteiger charge is 2.37. The van der Waals surface area contributed by atoms with Crippen LogP contribution in [0.4, 0.5) is 10.2 Å². The van der Waals surface area contributed by atoms with E-state index in [1.165, 1.54) is 16.6 Å². The fourth-order valence-corrected chi connectivity index (χ4v) is 5.42. The molecule has 3 aromatic rings. The van der Waals surface area contributed by atoms with Crippen molar-refractivity contribution in [2.24, 2.45) is 5.92 Å². The van der Waals surface area contributed by atoms with E-state index in [1.807, 2.05) is 6.92 Å². The van der Waals surface area contributed by atoms with Crippen molar-refractivity contribution in [1.82, 2.24) is 29.0 Å². The van der Waals surface area contributed by atoms with Crippen LogP contribution in [-0.4, -0.2) is 66.0 Å². The number of halogens is 1. The van der Waals surface area contributed by atoms with Gasteiger partial charge in [0.1, 0.15) is 29.5 Å². The zero-order valence-electron chi connectivity index (χ0n) is 22.3. The summed E-state index contributed by atoms with van der Waals surface area (Å²) in [7, 11) is 0. The average molecular weight is 524 g/mol. The number of rotatable bonds is 6. The number of fused-ring (bicyclic) bond motifs is 2. The smallest absolute Gasteiger partial charge is 0.280 e. The van der Waals surface area contributed by atoms with Gasteiger partial charge in [0, 0.05) is 18.2 Å². The first-order valence-corrected chi connectivity index (χ1v) is 13.1. The topological polar surface area (TPSA) is 105 Å². The molecule has 0 spiro atoms. The van der Waals surface area contributed by atoms with Crippen LogP contribution in [0.2, 0.25) is 0 Å². The molecular formula is C27H34FN7O3. The SMILES string of the molecule is CCc1cc2n(CC(=O)Nc3ccc(F)cn3)c3c(c(=O)n2n1)CN(CC1CCN(C(C)(C)C)CC1)C3=O. The molecule has 1 fully saturated rings. The Kier molecular flexibility index (Phi) is 6.81. The maximum atomic E-state index is 13.7. The van der Waals surface area contributed by atoms with Gasteiger partial charge in [-0.15, -0.1) is 0 Å². The molecule has 0 atom stereocenters. The molecule has 11 heteroatoms. The Morgan fingerprint density at radius 1 is 1.18 bits per heavy atom. The summed E-state index contributed by atoms with van der Waals surface area (Å²) in [6, 6.07) is 4.31. The molecule has 2 amide bonds. The van der Waals surface area contributed by atoms with Crippen molar-refractivity contribution < 1.29 is 14.0 Å². The fraction of sp³-hybridized carbons (Fsp3) is 0.519. The summed E-state index contributed by atoms with van der Waals surface area (Å²) in [6.07, 6.45) is 3.59. The predicted octanol–water partition coefficient (Wildman–Crippen LogP) is 2.70. The summed E-state index contributed by atoms with van der Waals surface area (Å²) < 4.78 is 16.1. The number of aryl methyl sites for hydroxylation is 1. The minimum Gasteiger partial charge on any atom is -0.332 e. The molecule has 202 valence electrons. The molecule has 2 aliphatic heterocycles. The molecule has 2 aliphatic rings. The van der Waals surface area contributed by atoms with Crippen LogP contribution in [0.5, 0.6) is 0 Å². The van der Waals surface area contributed by atoms with E-state index < -0.39 is 11.7 Å². The highest BCUT2D eigenvalue weighted by atomic mass is 19.1. The molecule has 38 heavy (non-hydrogen) atoms. The lowest BCUT2D eigenvalue weighted by Gasteiger charge is -2.41. The molecule has 0 bridgehead atoms. The van der Waals surface area contributed by atoms with Gasteiger partial charge in [0.05, 0.1) is 24.0 Å². The summed E-state index contributed by atoms with van der Waals surface area (Å²) >= 11 is 0. The summed E-state index contributed by atoms with van der Waals surface area (Å²) in [5.74, 6) is -0.660. The second-order valence-corrected chi connectivity index (χ2v) is 11.2. The van der Waals surface area contributed by atoms with Crippen LogP contribution in [-0.2, 0) is 24.3 Å². The first-order valence-electron chi connectivity index (χ1n) is 13.1. The van der Waals surface area contributed by atoms with Crippen LogP contribution >= 0.6 is 0 Å². The van der Waals surface area contributed by atoms with E-state index in [9.17, 15) is 18.8 Å². The Morgan fingerprint density at radius 2 is 1.92 bits per heavy atom. The number of likely N-dealkylation sites (tertiary alicyclic amines) is 1. The monoisotopic (exact) mass is 523 g/mol. The third-order valence-corrected chi connectivity index (χ3v) is 7.56. The number of nitrogens with one attached hydrogen (secondary N) is 1. The fourth-order valence-electron chi connectivity index (χ4n) is 5.42. The molecule has 0 aromatic carbocycles. The number of hydrogen-bond donors (Lipinski definition) is 1. The second kappa shape index (κ2) is 9.94. The summed E-state index contributed by atoms with van der Waals surface area (Å²) in [5.41, 5.74) is 1.46. The van der Waals surface area contributed by atoms with Gasteiger partial charge in [-0.3, -0.25) is 19.3 Å². The van der Waals surface area contributed by atoms with Crippen molar-refractivity contribution in [3.63, 3.8) is 0 Å². The zero-order valence-corrected chi connectivity index (χ0v) is 22.3. The minimum absolute atomic E-state index is 0.115. The maximum Gasteiger partial charge on any atom is 0.280 e. The lowest BCUT2D eigenvalue weighted by Crippen LogP contribution is -2.47. The Morgan fingerprint density at radius 3 is 2.55 bits per heavy atom. The van der Waals surface area contributed by atoms with Crippen LogP contribution in [0.25, 0.3) is 5.65 Å². The van der Waals surface area contributed by atoms with Crippen LogP contribution < -0.4 is 10.9 Å². The van der Waals surface area contributed by atoms with Crippen molar-refractivity contribution in [1.29, 1.82) is 0 Å². The quantitative estimate of drug-likeness (QED) is 0.533. The van der Waals surface area contributed by atoms with Crippen molar-refractivity contribution in [3.05, 3.63) is 57.5 Å². The van der Waals surface area contributed by atoms with E-state index >= 15 is 0 Å². The normalized spacial score (nSPS) is 16.9. The van der Waals surface area contributed by atoms with Gasteiger partial charge in [0.25, 0.3) is 11.5 Å². The summed E-state index contributed by atoms with van der Waals surface area (Å²) in [4.78, 5) is 48.2. The Balaban J connectivity index is 1.42. The van der Waals surface area contributed by atoms with Gasteiger partial charge in [-0.1, -0.05) is 6.92 Å². The number of carbonyl (C=O) groups excluding carboxylic acids is 2. The molecule has 3 aromatic heterocycles. The number of carbonyl (C=O) groups is 2. The number of hydrogen-bond acceptors (Lipinski definition) is 6. The molecular weight excluding hydrogens is 489 g/mol. The third kappa shape index (κ3) is 4.94. The van der Waals surface area contributed by atoms with Crippen LogP contribution in [0.1, 0.15) is 62.3 Å². The van der Waals surface area contributed by atoms with Crippen molar-refractivity contribution in [2.75, 3.05) is 25.0 Å². The molecule has 5 heterocycles. The molecule has 0 radical (unpaired) electrons. The summed E-state index contributed by atoms with van der Waals surface area (Å²) in [6.45, 7) is 11.1. The Bertz CT molecular complexity index is 1430. The first kappa shape index (κ1) is 26.0. The average Bonchev–Trinajstić information content (AvgIpc) is 3.45. The van der Waals surface area contributed by atoms with Gasteiger partial charge in [0.15, 0.2) is 0 Å². The molecule has 0 unspecified atom stereocenters. The lowest BCUT2D eigenvalue weighted by molar-refractivity contribution is -0.116. The van der Waals surface area contributed by atoms with E-state index in [2.05, 4.69) is 41.1 Å². The molecule has 10 nitrogen and oxygen atoms in total. The van der Waals surface area contributed by atoms with Gasteiger partial charge >= 0.3 is 0 Å². The number of pyridine rings is 1. The van der Waals surface area contributed by atoms with Gasteiger partial charge in [0.2, 0.25) is 5.91 Å². The molecule has 5 rings (SSSR count). The molecule has 1 N–H and O–H groups in total. The van der Waals surface area contributed by atoms with E-state index in [-0.39, 0.29) is 41.6 Å². The maximum absolute atomic E-state index is 13.7. The van der Waals surface area contributed by atoms with E-state index in [0.29, 0.717) is 35.8 Å². The summed E-state index contributed by atoms with van der Waals surface area (Å²) in [5, 5.41) is 7.07. The van der Waals surface area contributed by atoms with E-state index in [4.69, 9.17) is 0 Å². The zero-order chi connectivity index (χ0) is 27.2. The molecule has 1 saturated heterocycles. The first-order chi connectivity index (χ1) is 18.0. The van der Waals surface area contributed by atoms with Crippen LogP contribution in [0.15, 0.2) is 29.2 Å². The largest absolute Gasteiger partial charge is 0.332 e. The number of piperidine rings is 1. The minimum atomic E-state index is -0.510. The number of amides is 2. The van der Waals surface area contributed by atoms with Gasteiger partial charge in [-0.25, -0.2) is 9.37 Å². The van der Waals surface area contributed by atoms with Crippen molar-refractivity contribution >= 4 is 23.3 Å². The molecule has 0 saturated carbocycles. The van der Waals surface area contributed by atoms with Gasteiger partial charge in [-0.05, 0) is 71.2 Å². The standard InChI is InChI=1S/C27H34FN7O3/c1-5-19-12-23-34(16-22(36)30-21-7-6-18(28)13-29-21)24-20(25(37)35(23)31-19)15-32(26(24)38)14-17-8-10-33(11-9-17)27(2,3)4/h6-7,12-13,17H,5,8-11,14-16H2,1-4H3,(H,29,30,36). The Hall–Kier alpha value is -3.60. The van der Waals surface area contributed by atoms with Gasteiger partial charge < -0.3 is 14.8 Å². The van der Waals surface area contributed by atoms with E-state index in [0.717, 1.165) is 32.1 Å². The van der Waals surface area contributed by atoms with Crippen molar-refractivity contribution in [2.45, 2.75) is 65.6 Å². The van der Waals surface area contributed by atoms with Crippen molar-refractivity contribution in [3.8, 4) is 0 Å². The Labute approximate surface area is 220 Å².